The van der Waals surface area contributed by atoms with Crippen LogP contribution in [0.5, 0.6) is 11.5 Å². The van der Waals surface area contributed by atoms with E-state index in [0.29, 0.717) is 5.75 Å². The third kappa shape index (κ3) is 5.04. The third-order valence-electron chi connectivity index (χ3n) is 6.29. The molecule has 1 nitrogen and oxygen atoms in total. The summed E-state index contributed by atoms with van der Waals surface area (Å²) in [6.07, 6.45) is 1.74. The van der Waals surface area contributed by atoms with Crippen LogP contribution in [0.3, 0.4) is 0 Å². The van der Waals surface area contributed by atoms with E-state index >= 15 is 0 Å². The minimum atomic E-state index is -1.95. The van der Waals surface area contributed by atoms with Crippen LogP contribution in [0.1, 0.15) is 5.56 Å². The van der Waals surface area contributed by atoms with Gasteiger partial charge in [0.25, 0.3) is 0 Å². The standard InChI is InChI=1S/C32H27FOP/c33-31-22-21-26(25-32(31)34-27-13-5-1-6-14-27)23-24-35(28-15-7-2-8-16-28,29-17-9-3-10-18-29)30-19-11-4-12-20-30/h1-22,25H,23-24H2/q+1. The fourth-order valence-corrected chi connectivity index (χ4v) is 8.88. The lowest BCUT2D eigenvalue weighted by Gasteiger charge is -2.28. The summed E-state index contributed by atoms with van der Waals surface area (Å²) in [7, 11) is -1.95. The Morgan fingerprint density at radius 2 is 1.00 bits per heavy atom. The van der Waals surface area contributed by atoms with Crippen molar-refractivity contribution in [3.63, 3.8) is 0 Å². The maximum atomic E-state index is 14.6. The molecule has 0 heterocycles. The lowest BCUT2D eigenvalue weighted by Crippen LogP contribution is -2.34. The maximum absolute atomic E-state index is 14.6. The fraction of sp³-hybridized carbons (Fsp3) is 0.0625. The summed E-state index contributed by atoms with van der Waals surface area (Å²) in [5.74, 6) is 0.535. The molecule has 5 aromatic rings. The van der Waals surface area contributed by atoms with E-state index in [4.69, 9.17) is 4.74 Å². The molecule has 0 atom stereocenters. The predicted molar refractivity (Wildman–Crippen MR) is 147 cm³/mol. The van der Waals surface area contributed by atoms with Gasteiger partial charge in [-0.1, -0.05) is 78.9 Å². The summed E-state index contributed by atoms with van der Waals surface area (Å²) < 4.78 is 20.5. The Labute approximate surface area is 207 Å². The Morgan fingerprint density at radius 3 is 1.49 bits per heavy atom. The van der Waals surface area contributed by atoms with E-state index in [9.17, 15) is 4.39 Å². The van der Waals surface area contributed by atoms with Gasteiger partial charge in [-0.05, 0) is 66.2 Å². The molecule has 0 unspecified atom stereocenters. The number of rotatable bonds is 8. The first-order valence-electron chi connectivity index (χ1n) is 11.8. The molecule has 3 heteroatoms. The van der Waals surface area contributed by atoms with E-state index < -0.39 is 7.26 Å². The molecule has 0 aromatic heterocycles. The molecule has 0 aliphatic heterocycles. The molecule has 35 heavy (non-hydrogen) atoms. The van der Waals surface area contributed by atoms with Crippen molar-refractivity contribution in [3.05, 3.63) is 151 Å². The maximum Gasteiger partial charge on any atom is 0.165 e. The molecular weight excluding hydrogens is 450 g/mol. The van der Waals surface area contributed by atoms with Crippen molar-refractivity contribution >= 4 is 23.2 Å². The third-order valence-corrected chi connectivity index (χ3v) is 10.7. The van der Waals surface area contributed by atoms with Gasteiger partial charge in [0.2, 0.25) is 0 Å². The van der Waals surface area contributed by atoms with Gasteiger partial charge in [-0.15, -0.1) is 0 Å². The van der Waals surface area contributed by atoms with Gasteiger partial charge in [0, 0.05) is 6.42 Å². The highest BCUT2D eigenvalue weighted by Gasteiger charge is 2.44. The van der Waals surface area contributed by atoms with E-state index in [-0.39, 0.29) is 11.6 Å². The van der Waals surface area contributed by atoms with E-state index in [2.05, 4.69) is 91.0 Å². The Kier molecular flexibility index (Phi) is 7.02. The zero-order chi connectivity index (χ0) is 23.9. The number of halogens is 1. The van der Waals surface area contributed by atoms with Crippen LogP contribution in [0.15, 0.2) is 140 Å². The SMILES string of the molecule is Fc1ccc(CC[P+](c2ccccc2)(c2ccccc2)c2ccccc2)cc1Oc1ccccc1. The summed E-state index contributed by atoms with van der Waals surface area (Å²) in [6.45, 7) is 0. The lowest BCUT2D eigenvalue weighted by molar-refractivity contribution is 0.441. The molecule has 0 spiro atoms. The van der Waals surface area contributed by atoms with Crippen LogP contribution in [0.4, 0.5) is 4.39 Å². The summed E-state index contributed by atoms with van der Waals surface area (Å²) in [5, 5.41) is 4.04. The molecular formula is C32H27FOP+. The van der Waals surface area contributed by atoms with Gasteiger partial charge in [-0.2, -0.15) is 0 Å². The summed E-state index contributed by atoms with van der Waals surface area (Å²) in [5.41, 5.74) is 1.06. The molecule has 0 aliphatic carbocycles. The summed E-state index contributed by atoms with van der Waals surface area (Å²) >= 11 is 0. The van der Waals surface area contributed by atoms with Gasteiger partial charge in [0.1, 0.15) is 28.9 Å². The van der Waals surface area contributed by atoms with Crippen LogP contribution >= 0.6 is 7.26 Å². The van der Waals surface area contributed by atoms with Crippen LogP contribution < -0.4 is 20.7 Å². The molecule has 5 rings (SSSR count). The first-order valence-corrected chi connectivity index (χ1v) is 13.8. The molecule has 0 saturated heterocycles. The van der Waals surface area contributed by atoms with Crippen molar-refractivity contribution in [2.24, 2.45) is 0 Å². The van der Waals surface area contributed by atoms with Crippen molar-refractivity contribution < 1.29 is 9.13 Å². The largest absolute Gasteiger partial charge is 0.454 e. The molecule has 0 N–H and O–H groups in total. The molecule has 172 valence electrons. The Balaban J connectivity index is 1.55. The normalized spacial score (nSPS) is 11.2. The molecule has 0 aliphatic rings. The van der Waals surface area contributed by atoms with E-state index in [1.807, 2.05) is 42.5 Å². The van der Waals surface area contributed by atoms with Crippen molar-refractivity contribution in [3.8, 4) is 11.5 Å². The lowest BCUT2D eigenvalue weighted by atomic mass is 10.1. The molecule has 5 aromatic carbocycles. The predicted octanol–water partition coefficient (Wildman–Crippen LogP) is 7.15. The fourth-order valence-electron chi connectivity index (χ4n) is 4.58. The first kappa shape index (κ1) is 23.0. The van der Waals surface area contributed by atoms with Crippen molar-refractivity contribution in [2.45, 2.75) is 6.42 Å². The van der Waals surface area contributed by atoms with E-state index in [1.165, 1.54) is 22.0 Å². The number of hydrogen-bond donors (Lipinski definition) is 0. The number of benzene rings is 5. The van der Waals surface area contributed by atoms with Gasteiger partial charge < -0.3 is 4.74 Å². The summed E-state index contributed by atoms with van der Waals surface area (Å²) in [4.78, 5) is 0. The van der Waals surface area contributed by atoms with Gasteiger partial charge in [-0.25, -0.2) is 4.39 Å². The van der Waals surface area contributed by atoms with Gasteiger partial charge >= 0.3 is 0 Å². The second-order valence-electron chi connectivity index (χ2n) is 8.47. The Morgan fingerprint density at radius 1 is 0.543 bits per heavy atom. The average Bonchev–Trinajstić information content (AvgIpc) is 2.93. The topological polar surface area (TPSA) is 9.23 Å². The van der Waals surface area contributed by atoms with E-state index in [0.717, 1.165) is 18.1 Å². The van der Waals surface area contributed by atoms with Gasteiger partial charge in [0.15, 0.2) is 11.6 Å². The minimum Gasteiger partial charge on any atom is -0.454 e. The number of ether oxygens (including phenoxy) is 1. The average molecular weight is 478 g/mol. The van der Waals surface area contributed by atoms with Crippen molar-refractivity contribution in [1.82, 2.24) is 0 Å². The Bertz CT molecular complexity index is 1260. The van der Waals surface area contributed by atoms with Crippen molar-refractivity contribution in [2.75, 3.05) is 6.16 Å². The molecule has 0 bridgehead atoms. The van der Waals surface area contributed by atoms with Crippen LogP contribution in [0, 0.1) is 5.82 Å². The highest BCUT2D eigenvalue weighted by molar-refractivity contribution is 7.95. The highest BCUT2D eigenvalue weighted by Crippen LogP contribution is 2.55. The van der Waals surface area contributed by atoms with E-state index in [1.54, 1.807) is 0 Å². The number of aryl methyl sites for hydroxylation is 1. The minimum absolute atomic E-state index is 0.261. The first-order chi connectivity index (χ1) is 17.3. The smallest absolute Gasteiger partial charge is 0.165 e. The summed E-state index contributed by atoms with van der Waals surface area (Å²) in [6, 6.07) is 47.1. The number of hydrogen-bond acceptors (Lipinski definition) is 1. The zero-order valence-electron chi connectivity index (χ0n) is 19.4. The van der Waals surface area contributed by atoms with Crippen LogP contribution in [0.25, 0.3) is 0 Å². The molecule has 0 saturated carbocycles. The monoisotopic (exact) mass is 477 g/mol. The van der Waals surface area contributed by atoms with Crippen LogP contribution in [0.2, 0.25) is 0 Å². The second-order valence-corrected chi connectivity index (χ2v) is 12.1. The van der Waals surface area contributed by atoms with Crippen LogP contribution in [-0.2, 0) is 6.42 Å². The Hall–Kier alpha value is -3.74. The van der Waals surface area contributed by atoms with Gasteiger partial charge in [-0.3, -0.25) is 0 Å². The van der Waals surface area contributed by atoms with Gasteiger partial charge in [0.05, 0.1) is 6.16 Å². The van der Waals surface area contributed by atoms with Crippen molar-refractivity contribution in [1.29, 1.82) is 0 Å². The second kappa shape index (κ2) is 10.7. The molecule has 0 radical (unpaired) electrons. The molecule has 0 fully saturated rings. The quantitative estimate of drug-likeness (QED) is 0.216. The molecule has 0 amide bonds. The highest BCUT2D eigenvalue weighted by atomic mass is 31.2. The number of para-hydroxylation sites is 1. The van der Waals surface area contributed by atoms with Crippen LogP contribution in [-0.4, -0.2) is 6.16 Å². The zero-order valence-corrected chi connectivity index (χ0v) is 20.3.